The van der Waals surface area contributed by atoms with Crippen molar-refractivity contribution in [3.05, 3.63) is 29.2 Å². The van der Waals surface area contributed by atoms with E-state index in [1.807, 2.05) is 13.1 Å². The number of carbonyl (C=O) groups excluding carboxylic acids is 1. The zero-order valence-electron chi connectivity index (χ0n) is 14.6. The largest absolute Gasteiger partial charge is 0.342 e. The zero-order chi connectivity index (χ0) is 17.2. The first-order valence-electron chi connectivity index (χ1n) is 9.05. The van der Waals surface area contributed by atoms with Crippen molar-refractivity contribution in [1.82, 2.24) is 30.1 Å². The number of carbonyl (C=O) groups is 1. The van der Waals surface area contributed by atoms with Crippen LogP contribution >= 0.6 is 0 Å². The van der Waals surface area contributed by atoms with E-state index in [-0.39, 0.29) is 12.5 Å². The summed E-state index contributed by atoms with van der Waals surface area (Å²) in [5.41, 5.74) is 1.57. The number of rotatable bonds is 6. The molecule has 0 unspecified atom stereocenters. The first kappa shape index (κ1) is 16.3. The molecule has 1 aliphatic carbocycles. The van der Waals surface area contributed by atoms with Gasteiger partial charge in [-0.2, -0.15) is 10.1 Å². The molecule has 0 radical (unpaired) electrons. The summed E-state index contributed by atoms with van der Waals surface area (Å²) < 4.78 is 7.04. The molecule has 2 aliphatic rings. The molecule has 1 saturated carbocycles. The molecule has 134 valence electrons. The molecular formula is C17H24N6O2. The first-order valence-corrected chi connectivity index (χ1v) is 9.05. The van der Waals surface area contributed by atoms with Crippen molar-refractivity contribution in [1.29, 1.82) is 0 Å². The number of likely N-dealkylation sites (tertiary alicyclic amines) is 1. The molecule has 2 fully saturated rings. The highest BCUT2D eigenvalue weighted by Gasteiger charge is 2.28. The molecule has 0 bridgehead atoms. The Morgan fingerprint density at radius 1 is 1.32 bits per heavy atom. The summed E-state index contributed by atoms with van der Waals surface area (Å²) in [7, 11) is 1.88. The fraction of sp³-hybridized carbons (Fsp3) is 0.647. The SMILES string of the molecule is Cn1nc(C(=O)NCc2nc(CN3CCCCC3)no2)cc1C1CC1. The minimum absolute atomic E-state index is 0.210. The van der Waals surface area contributed by atoms with Gasteiger partial charge in [0.1, 0.15) is 5.69 Å². The fourth-order valence-electron chi connectivity index (χ4n) is 3.34. The second kappa shape index (κ2) is 6.95. The normalized spacial score (nSPS) is 18.4. The van der Waals surface area contributed by atoms with Crippen LogP contribution in [-0.2, 0) is 20.1 Å². The summed E-state index contributed by atoms with van der Waals surface area (Å²) in [6.45, 7) is 3.11. The van der Waals surface area contributed by atoms with E-state index in [0.29, 0.717) is 29.9 Å². The third-order valence-electron chi connectivity index (χ3n) is 4.87. The molecule has 0 atom stereocenters. The maximum absolute atomic E-state index is 12.3. The Bertz CT molecular complexity index is 742. The monoisotopic (exact) mass is 344 g/mol. The Morgan fingerprint density at radius 2 is 2.12 bits per heavy atom. The molecule has 2 aromatic heterocycles. The molecule has 2 aromatic rings. The van der Waals surface area contributed by atoms with Crippen molar-refractivity contribution in [3.8, 4) is 0 Å². The molecule has 1 N–H and O–H groups in total. The average Bonchev–Trinajstić information content (AvgIpc) is 3.25. The number of aryl methyl sites for hydroxylation is 1. The standard InChI is InChI=1S/C17H24N6O2/c1-22-14(12-5-6-12)9-13(20-22)17(24)18-10-16-19-15(21-25-16)11-23-7-3-2-4-8-23/h9,12H,2-8,10-11H2,1H3,(H,18,24). The molecule has 0 spiro atoms. The minimum Gasteiger partial charge on any atom is -0.342 e. The number of piperidine rings is 1. The number of hydrogen-bond donors (Lipinski definition) is 1. The maximum Gasteiger partial charge on any atom is 0.272 e. The quantitative estimate of drug-likeness (QED) is 0.856. The van der Waals surface area contributed by atoms with Gasteiger partial charge in [-0.15, -0.1) is 0 Å². The van der Waals surface area contributed by atoms with E-state index in [4.69, 9.17) is 4.52 Å². The first-order chi connectivity index (χ1) is 12.2. The van der Waals surface area contributed by atoms with Crippen LogP contribution in [0, 0.1) is 0 Å². The average molecular weight is 344 g/mol. The van der Waals surface area contributed by atoms with Crippen molar-refractivity contribution in [2.45, 2.75) is 51.1 Å². The lowest BCUT2D eigenvalue weighted by Gasteiger charge is -2.24. The zero-order valence-corrected chi connectivity index (χ0v) is 14.6. The van der Waals surface area contributed by atoms with Crippen LogP contribution in [0.25, 0.3) is 0 Å². The van der Waals surface area contributed by atoms with Gasteiger partial charge in [-0.05, 0) is 44.8 Å². The topological polar surface area (TPSA) is 89.1 Å². The molecule has 0 aromatic carbocycles. The van der Waals surface area contributed by atoms with Gasteiger partial charge in [-0.1, -0.05) is 11.6 Å². The Balaban J connectivity index is 1.30. The van der Waals surface area contributed by atoms with E-state index < -0.39 is 0 Å². The van der Waals surface area contributed by atoms with Crippen LogP contribution < -0.4 is 5.32 Å². The molecule has 4 rings (SSSR count). The van der Waals surface area contributed by atoms with Gasteiger partial charge in [-0.25, -0.2) is 0 Å². The maximum atomic E-state index is 12.3. The van der Waals surface area contributed by atoms with Crippen LogP contribution in [0.4, 0.5) is 0 Å². The third-order valence-corrected chi connectivity index (χ3v) is 4.87. The summed E-state index contributed by atoms with van der Waals surface area (Å²) in [5.74, 6) is 1.46. The Kier molecular flexibility index (Phi) is 4.52. The lowest BCUT2D eigenvalue weighted by atomic mass is 10.1. The van der Waals surface area contributed by atoms with Crippen LogP contribution in [-0.4, -0.2) is 43.8 Å². The van der Waals surface area contributed by atoms with Crippen molar-refractivity contribution >= 4 is 5.91 Å². The predicted molar refractivity (Wildman–Crippen MR) is 89.8 cm³/mol. The van der Waals surface area contributed by atoms with E-state index in [1.165, 1.54) is 32.1 Å². The Morgan fingerprint density at radius 3 is 2.88 bits per heavy atom. The molecule has 1 amide bonds. The van der Waals surface area contributed by atoms with Gasteiger partial charge in [0.2, 0.25) is 5.89 Å². The van der Waals surface area contributed by atoms with E-state index >= 15 is 0 Å². The van der Waals surface area contributed by atoms with Crippen molar-refractivity contribution in [3.63, 3.8) is 0 Å². The summed E-state index contributed by atoms with van der Waals surface area (Å²) in [5, 5.41) is 11.1. The number of nitrogens with zero attached hydrogens (tertiary/aromatic N) is 5. The second-order valence-corrected chi connectivity index (χ2v) is 6.98. The molecule has 25 heavy (non-hydrogen) atoms. The highest BCUT2D eigenvalue weighted by atomic mass is 16.5. The van der Waals surface area contributed by atoms with Crippen molar-refractivity contribution < 1.29 is 9.32 Å². The van der Waals surface area contributed by atoms with E-state index in [9.17, 15) is 4.79 Å². The number of hydrogen-bond acceptors (Lipinski definition) is 6. The number of nitrogens with one attached hydrogen (secondary N) is 1. The van der Waals surface area contributed by atoms with Gasteiger partial charge >= 0.3 is 0 Å². The second-order valence-electron chi connectivity index (χ2n) is 6.98. The predicted octanol–water partition coefficient (Wildman–Crippen LogP) is 1.60. The van der Waals surface area contributed by atoms with Crippen molar-refractivity contribution in [2.75, 3.05) is 13.1 Å². The lowest BCUT2D eigenvalue weighted by Crippen LogP contribution is -2.29. The lowest BCUT2D eigenvalue weighted by molar-refractivity contribution is 0.0940. The molecule has 1 aliphatic heterocycles. The smallest absolute Gasteiger partial charge is 0.272 e. The van der Waals surface area contributed by atoms with Crippen LogP contribution in [0.1, 0.15) is 65.9 Å². The van der Waals surface area contributed by atoms with Gasteiger partial charge in [0, 0.05) is 18.7 Å². The van der Waals surface area contributed by atoms with Gasteiger partial charge in [0.15, 0.2) is 5.82 Å². The number of amides is 1. The highest BCUT2D eigenvalue weighted by Crippen LogP contribution is 2.39. The van der Waals surface area contributed by atoms with Crippen LogP contribution in [0.5, 0.6) is 0 Å². The van der Waals surface area contributed by atoms with Crippen molar-refractivity contribution in [2.24, 2.45) is 7.05 Å². The highest BCUT2D eigenvalue weighted by molar-refractivity contribution is 5.92. The third kappa shape index (κ3) is 3.89. The Hall–Kier alpha value is -2.22. The molecule has 1 saturated heterocycles. The number of aromatic nitrogens is 4. The van der Waals surface area contributed by atoms with E-state index in [1.54, 1.807) is 4.68 Å². The Labute approximate surface area is 146 Å². The molecule has 8 nitrogen and oxygen atoms in total. The van der Waals surface area contributed by atoms with Gasteiger partial charge in [0.05, 0.1) is 13.1 Å². The molecule has 3 heterocycles. The van der Waals surface area contributed by atoms with Gasteiger partial charge in [-0.3, -0.25) is 14.4 Å². The summed E-state index contributed by atoms with van der Waals surface area (Å²) >= 11 is 0. The minimum atomic E-state index is -0.210. The van der Waals surface area contributed by atoms with Crippen LogP contribution in [0.2, 0.25) is 0 Å². The fourth-order valence-corrected chi connectivity index (χ4v) is 3.34. The van der Waals surface area contributed by atoms with Gasteiger partial charge in [0.25, 0.3) is 5.91 Å². The van der Waals surface area contributed by atoms with Crippen LogP contribution in [0.3, 0.4) is 0 Å². The molecule has 8 heteroatoms. The summed E-state index contributed by atoms with van der Waals surface area (Å²) in [6, 6.07) is 1.88. The summed E-state index contributed by atoms with van der Waals surface area (Å²) in [4.78, 5) is 19.0. The summed E-state index contributed by atoms with van der Waals surface area (Å²) in [6.07, 6.45) is 6.13. The van der Waals surface area contributed by atoms with E-state index in [2.05, 4.69) is 25.5 Å². The van der Waals surface area contributed by atoms with E-state index in [0.717, 1.165) is 18.8 Å². The van der Waals surface area contributed by atoms with Gasteiger partial charge < -0.3 is 9.84 Å². The molecular weight excluding hydrogens is 320 g/mol. The van der Waals surface area contributed by atoms with Crippen LogP contribution in [0.15, 0.2) is 10.6 Å².